The Hall–Kier alpha value is -1.69. The smallest absolute Gasteiger partial charge is 0.413 e. The molecule has 0 unspecified atom stereocenters. The number of pyridine rings is 1. The van der Waals surface area contributed by atoms with Gasteiger partial charge in [0, 0.05) is 18.9 Å². The minimum absolute atomic E-state index is 0.238. The monoisotopic (exact) mass is 239 g/mol. The van der Waals surface area contributed by atoms with Crippen molar-refractivity contribution in [2.75, 3.05) is 6.61 Å². The van der Waals surface area contributed by atoms with E-state index in [0.717, 1.165) is 5.56 Å². The number of aromatic nitrogens is 1. The molecule has 0 bridgehead atoms. The van der Waals surface area contributed by atoms with E-state index in [1.165, 1.54) is 0 Å². The second-order valence-electron chi connectivity index (χ2n) is 2.89. The predicted molar refractivity (Wildman–Crippen MR) is 63.8 cm³/mol. The molecule has 6 heteroatoms. The van der Waals surface area contributed by atoms with Gasteiger partial charge >= 0.3 is 6.09 Å². The third-order valence-corrected chi connectivity index (χ3v) is 1.91. The molecule has 86 valence electrons. The fourth-order valence-electron chi connectivity index (χ4n) is 0.989. The van der Waals surface area contributed by atoms with Crippen molar-refractivity contribution in [3.8, 4) is 0 Å². The number of alkyl carbamates (subject to hydrolysis) is 1. The summed E-state index contributed by atoms with van der Waals surface area (Å²) in [5, 5.41) is 5.50. The zero-order chi connectivity index (χ0) is 11.8. The zero-order valence-corrected chi connectivity index (χ0v) is 9.71. The number of amides is 1. The topological polar surface area (TPSA) is 63.2 Å². The van der Waals surface area contributed by atoms with Gasteiger partial charge in [-0.05, 0) is 30.8 Å². The van der Waals surface area contributed by atoms with Crippen molar-refractivity contribution in [1.29, 1.82) is 0 Å². The highest BCUT2D eigenvalue weighted by Crippen LogP contribution is 1.93. The molecule has 0 saturated carbocycles. The Balaban J connectivity index is 2.28. The Morgan fingerprint density at radius 3 is 3.06 bits per heavy atom. The van der Waals surface area contributed by atoms with Crippen LogP contribution in [0, 0.1) is 0 Å². The van der Waals surface area contributed by atoms with Crippen molar-refractivity contribution in [1.82, 2.24) is 15.6 Å². The van der Waals surface area contributed by atoms with Crippen molar-refractivity contribution in [2.24, 2.45) is 0 Å². The fourth-order valence-corrected chi connectivity index (χ4v) is 1.14. The van der Waals surface area contributed by atoms with Gasteiger partial charge in [-0.3, -0.25) is 10.3 Å². The van der Waals surface area contributed by atoms with E-state index >= 15 is 0 Å². The molecule has 0 aromatic carbocycles. The lowest BCUT2D eigenvalue weighted by Gasteiger charge is -2.08. The number of nitrogens with one attached hydrogen (secondary N) is 2. The molecule has 16 heavy (non-hydrogen) atoms. The first-order valence-electron chi connectivity index (χ1n) is 4.83. The van der Waals surface area contributed by atoms with E-state index in [0.29, 0.717) is 13.2 Å². The normalized spacial score (nSPS) is 9.31. The molecule has 0 fully saturated rings. The molecule has 0 radical (unpaired) electrons. The largest absolute Gasteiger partial charge is 0.450 e. The first-order valence-corrected chi connectivity index (χ1v) is 5.23. The van der Waals surface area contributed by atoms with Crippen LogP contribution in [0.25, 0.3) is 0 Å². The van der Waals surface area contributed by atoms with Crippen molar-refractivity contribution in [2.45, 2.75) is 13.5 Å². The second-order valence-corrected chi connectivity index (χ2v) is 3.30. The summed E-state index contributed by atoms with van der Waals surface area (Å²) in [6, 6.07) is 3.74. The highest BCUT2D eigenvalue weighted by atomic mass is 32.1. The Kier molecular flexibility index (Phi) is 5.21. The van der Waals surface area contributed by atoms with Crippen molar-refractivity contribution in [3.63, 3.8) is 0 Å². The zero-order valence-electron chi connectivity index (χ0n) is 8.90. The first-order chi connectivity index (χ1) is 7.72. The molecule has 1 rings (SSSR count). The minimum Gasteiger partial charge on any atom is -0.450 e. The van der Waals surface area contributed by atoms with Gasteiger partial charge in [-0.1, -0.05) is 6.07 Å². The summed E-state index contributed by atoms with van der Waals surface area (Å²) >= 11 is 4.90. The minimum atomic E-state index is -0.550. The lowest BCUT2D eigenvalue weighted by Crippen LogP contribution is -2.39. The van der Waals surface area contributed by atoms with Crippen LogP contribution in [-0.2, 0) is 11.3 Å². The molecule has 0 spiro atoms. The van der Waals surface area contributed by atoms with E-state index in [2.05, 4.69) is 20.4 Å². The van der Waals surface area contributed by atoms with E-state index in [1.54, 1.807) is 19.3 Å². The quantitative estimate of drug-likeness (QED) is 0.776. The standard InChI is InChI=1S/C10H13N3O2S/c1-2-15-10(14)13-9(16)12-7-8-4-3-5-11-6-8/h3-6H,2,7H2,1H3,(H2,12,13,14,16). The van der Waals surface area contributed by atoms with Crippen LogP contribution in [0.5, 0.6) is 0 Å². The Labute approximate surface area is 99.2 Å². The Morgan fingerprint density at radius 2 is 2.44 bits per heavy atom. The third kappa shape index (κ3) is 4.70. The Morgan fingerprint density at radius 1 is 1.62 bits per heavy atom. The van der Waals surface area contributed by atoms with Gasteiger partial charge in [0.1, 0.15) is 0 Å². The maximum atomic E-state index is 11.0. The second kappa shape index (κ2) is 6.73. The molecule has 0 saturated heterocycles. The fraction of sp³-hybridized carbons (Fsp3) is 0.300. The van der Waals surface area contributed by atoms with Crippen LogP contribution in [0.4, 0.5) is 4.79 Å². The summed E-state index contributed by atoms with van der Waals surface area (Å²) in [5.74, 6) is 0. The number of carbonyl (C=O) groups is 1. The third-order valence-electron chi connectivity index (χ3n) is 1.67. The van der Waals surface area contributed by atoms with Crippen LogP contribution in [0.2, 0.25) is 0 Å². The molecule has 1 amide bonds. The van der Waals surface area contributed by atoms with Crippen LogP contribution >= 0.6 is 12.2 Å². The van der Waals surface area contributed by atoms with Crippen LogP contribution in [0.15, 0.2) is 24.5 Å². The SMILES string of the molecule is CCOC(=O)NC(=S)NCc1cccnc1. The van der Waals surface area contributed by atoms with Crippen LogP contribution < -0.4 is 10.6 Å². The van der Waals surface area contributed by atoms with Gasteiger partial charge in [-0.2, -0.15) is 0 Å². The van der Waals surface area contributed by atoms with E-state index in [1.807, 2.05) is 12.1 Å². The molecule has 0 atom stereocenters. The number of carbonyl (C=O) groups excluding carboxylic acids is 1. The number of thiocarbonyl (C=S) groups is 1. The van der Waals surface area contributed by atoms with E-state index in [4.69, 9.17) is 12.2 Å². The first kappa shape index (κ1) is 12.4. The number of rotatable bonds is 3. The highest BCUT2D eigenvalue weighted by Gasteiger charge is 2.03. The van der Waals surface area contributed by atoms with Crippen LogP contribution in [0.1, 0.15) is 12.5 Å². The number of hydrogen-bond acceptors (Lipinski definition) is 4. The van der Waals surface area contributed by atoms with E-state index in [9.17, 15) is 4.79 Å². The van der Waals surface area contributed by atoms with Gasteiger partial charge in [0.25, 0.3) is 0 Å². The average molecular weight is 239 g/mol. The highest BCUT2D eigenvalue weighted by molar-refractivity contribution is 7.80. The number of nitrogens with zero attached hydrogens (tertiary/aromatic N) is 1. The summed E-state index contributed by atoms with van der Waals surface area (Å²) in [7, 11) is 0. The van der Waals surface area contributed by atoms with Crippen molar-refractivity contribution >= 4 is 23.4 Å². The molecule has 1 heterocycles. The molecular formula is C10H13N3O2S. The number of hydrogen-bond donors (Lipinski definition) is 2. The molecule has 0 aliphatic rings. The predicted octanol–water partition coefficient (Wildman–Crippen LogP) is 1.20. The van der Waals surface area contributed by atoms with Crippen LogP contribution in [0.3, 0.4) is 0 Å². The van der Waals surface area contributed by atoms with Gasteiger partial charge in [0.15, 0.2) is 5.11 Å². The average Bonchev–Trinajstić information content (AvgIpc) is 2.28. The van der Waals surface area contributed by atoms with E-state index < -0.39 is 6.09 Å². The lowest BCUT2D eigenvalue weighted by molar-refractivity contribution is 0.157. The molecule has 1 aromatic heterocycles. The number of ether oxygens (including phenoxy) is 1. The molecule has 0 aliphatic heterocycles. The maximum Gasteiger partial charge on any atom is 0.413 e. The molecular weight excluding hydrogens is 226 g/mol. The molecule has 5 nitrogen and oxygen atoms in total. The van der Waals surface area contributed by atoms with Gasteiger partial charge in [0.05, 0.1) is 6.61 Å². The van der Waals surface area contributed by atoms with Gasteiger partial charge in [0.2, 0.25) is 0 Å². The summed E-state index contributed by atoms with van der Waals surface area (Å²) in [6.45, 7) is 2.56. The summed E-state index contributed by atoms with van der Waals surface area (Å²) in [4.78, 5) is 14.9. The summed E-state index contributed by atoms with van der Waals surface area (Å²) < 4.78 is 4.67. The maximum absolute atomic E-state index is 11.0. The Bertz CT molecular complexity index is 356. The summed E-state index contributed by atoms with van der Waals surface area (Å²) in [5.41, 5.74) is 0.982. The van der Waals surface area contributed by atoms with Gasteiger partial charge < -0.3 is 10.1 Å². The summed E-state index contributed by atoms with van der Waals surface area (Å²) in [6.07, 6.45) is 2.87. The molecule has 0 aliphatic carbocycles. The molecule has 2 N–H and O–H groups in total. The van der Waals surface area contributed by atoms with Gasteiger partial charge in [-0.25, -0.2) is 4.79 Å². The lowest BCUT2D eigenvalue weighted by atomic mass is 10.3. The molecule has 1 aromatic rings. The van der Waals surface area contributed by atoms with Crippen molar-refractivity contribution < 1.29 is 9.53 Å². The van der Waals surface area contributed by atoms with Crippen molar-refractivity contribution in [3.05, 3.63) is 30.1 Å². The van der Waals surface area contributed by atoms with Gasteiger partial charge in [-0.15, -0.1) is 0 Å². The van der Waals surface area contributed by atoms with Crippen LogP contribution in [-0.4, -0.2) is 22.8 Å². The van der Waals surface area contributed by atoms with E-state index in [-0.39, 0.29) is 5.11 Å².